The van der Waals surface area contributed by atoms with Crippen LogP contribution in [0.2, 0.25) is 0 Å². The van der Waals surface area contributed by atoms with Crippen molar-refractivity contribution >= 4 is 0 Å². The molecule has 0 amide bonds. The Morgan fingerprint density at radius 3 is 2.80 bits per heavy atom. The van der Waals surface area contributed by atoms with Crippen molar-refractivity contribution < 1.29 is 0 Å². The van der Waals surface area contributed by atoms with Gasteiger partial charge in [-0.3, -0.25) is 4.98 Å². The van der Waals surface area contributed by atoms with Gasteiger partial charge in [-0.2, -0.15) is 0 Å². The van der Waals surface area contributed by atoms with Crippen LogP contribution in [0.25, 0.3) is 0 Å². The lowest BCUT2D eigenvalue weighted by Gasteiger charge is -2.17. The molecular formula is C12H19N3. The normalized spacial score (nSPS) is 12.5. The van der Waals surface area contributed by atoms with Crippen LogP contribution >= 0.6 is 0 Å². The molecule has 3 heteroatoms. The van der Waals surface area contributed by atoms with Crippen molar-refractivity contribution in [2.45, 2.75) is 19.9 Å². The third kappa shape index (κ3) is 3.81. The topological polar surface area (TPSA) is 50.9 Å². The summed E-state index contributed by atoms with van der Waals surface area (Å²) in [7, 11) is 0. The fourth-order valence-corrected chi connectivity index (χ4v) is 1.32. The maximum Gasteiger partial charge on any atom is 0.0462 e. The minimum absolute atomic E-state index is 0.162. The van der Waals surface area contributed by atoms with Crippen molar-refractivity contribution in [3.05, 3.63) is 41.7 Å². The summed E-state index contributed by atoms with van der Waals surface area (Å²) in [6.45, 7) is 9.17. The van der Waals surface area contributed by atoms with E-state index >= 15 is 0 Å². The molecule has 1 aromatic rings. The maximum atomic E-state index is 5.71. The van der Waals surface area contributed by atoms with E-state index < -0.39 is 0 Å². The lowest BCUT2D eigenvalue weighted by molar-refractivity contribution is 0.567. The first-order valence-electron chi connectivity index (χ1n) is 5.14. The van der Waals surface area contributed by atoms with Gasteiger partial charge in [0.15, 0.2) is 0 Å². The second-order valence-corrected chi connectivity index (χ2v) is 3.86. The molecule has 0 saturated carbocycles. The predicted octanol–water partition coefficient (Wildman–Crippen LogP) is 1.56. The maximum absolute atomic E-state index is 5.71. The Bertz CT molecular complexity index is 316. The van der Waals surface area contributed by atoms with Gasteiger partial charge in [-0.05, 0) is 25.5 Å². The number of nitrogens with zero attached hydrogens (tertiary/aromatic N) is 1. The van der Waals surface area contributed by atoms with Crippen molar-refractivity contribution in [1.82, 2.24) is 10.3 Å². The number of nitrogens with two attached hydrogens (primary N) is 1. The number of rotatable bonds is 5. The van der Waals surface area contributed by atoms with Crippen LogP contribution in [0.1, 0.15) is 24.2 Å². The molecular weight excluding hydrogens is 186 g/mol. The van der Waals surface area contributed by atoms with Gasteiger partial charge in [0.05, 0.1) is 0 Å². The average Bonchev–Trinajstić information content (AvgIpc) is 2.21. The molecule has 15 heavy (non-hydrogen) atoms. The van der Waals surface area contributed by atoms with Crippen LogP contribution < -0.4 is 11.1 Å². The van der Waals surface area contributed by atoms with Crippen LogP contribution in [0.15, 0.2) is 30.5 Å². The summed E-state index contributed by atoms with van der Waals surface area (Å²) in [6.07, 6.45) is 1.87. The molecule has 0 aliphatic heterocycles. The highest BCUT2D eigenvalue weighted by atomic mass is 14.9. The molecule has 1 atom stereocenters. The molecule has 1 rings (SSSR count). The molecule has 0 saturated heterocycles. The van der Waals surface area contributed by atoms with Crippen molar-refractivity contribution in [2.75, 3.05) is 13.1 Å². The van der Waals surface area contributed by atoms with Crippen LogP contribution in [0.4, 0.5) is 0 Å². The molecule has 82 valence electrons. The summed E-state index contributed by atoms with van der Waals surface area (Å²) in [5, 5.41) is 3.34. The van der Waals surface area contributed by atoms with Gasteiger partial charge in [0.2, 0.25) is 0 Å². The van der Waals surface area contributed by atoms with Crippen LogP contribution in [0.3, 0.4) is 0 Å². The standard InChI is InChI=1S/C12H19N3/c1-9(2)7-15-12(6-13)11-5-4-10(3)14-8-11/h4-5,8,12,15H,1,6-7,13H2,2-3H3. The summed E-state index contributed by atoms with van der Waals surface area (Å²) in [5.41, 5.74) is 8.97. The van der Waals surface area contributed by atoms with E-state index in [-0.39, 0.29) is 6.04 Å². The van der Waals surface area contributed by atoms with Gasteiger partial charge in [0, 0.05) is 31.0 Å². The van der Waals surface area contributed by atoms with E-state index in [9.17, 15) is 0 Å². The Hall–Kier alpha value is -1.19. The second kappa shape index (κ2) is 5.63. The van der Waals surface area contributed by atoms with Crippen LogP contribution in [-0.2, 0) is 0 Å². The predicted molar refractivity (Wildman–Crippen MR) is 63.6 cm³/mol. The monoisotopic (exact) mass is 205 g/mol. The smallest absolute Gasteiger partial charge is 0.0462 e. The van der Waals surface area contributed by atoms with Gasteiger partial charge in [0.1, 0.15) is 0 Å². The molecule has 0 fully saturated rings. The summed E-state index contributed by atoms with van der Waals surface area (Å²) in [4.78, 5) is 4.26. The molecule has 0 aliphatic carbocycles. The van der Waals surface area contributed by atoms with Crippen molar-refractivity contribution in [3.8, 4) is 0 Å². The molecule has 0 radical (unpaired) electrons. The number of hydrogen-bond acceptors (Lipinski definition) is 3. The molecule has 1 aromatic heterocycles. The van der Waals surface area contributed by atoms with E-state index in [1.807, 2.05) is 26.1 Å². The first kappa shape index (κ1) is 11.9. The molecule has 3 nitrogen and oxygen atoms in total. The van der Waals surface area contributed by atoms with Crippen molar-refractivity contribution in [1.29, 1.82) is 0 Å². The fraction of sp³-hybridized carbons (Fsp3) is 0.417. The molecule has 3 N–H and O–H groups in total. The summed E-state index contributed by atoms with van der Waals surface area (Å²) < 4.78 is 0. The van der Waals surface area contributed by atoms with E-state index in [4.69, 9.17) is 5.73 Å². The number of hydrogen-bond donors (Lipinski definition) is 2. The Kier molecular flexibility index (Phi) is 4.46. The number of aryl methyl sites for hydroxylation is 1. The van der Waals surface area contributed by atoms with E-state index in [0.29, 0.717) is 6.54 Å². The summed E-state index contributed by atoms with van der Waals surface area (Å²) in [5.74, 6) is 0. The molecule has 1 unspecified atom stereocenters. The summed E-state index contributed by atoms with van der Waals surface area (Å²) in [6, 6.07) is 4.22. The van der Waals surface area contributed by atoms with E-state index in [1.54, 1.807) is 0 Å². The van der Waals surface area contributed by atoms with Crippen LogP contribution in [0.5, 0.6) is 0 Å². The van der Waals surface area contributed by atoms with Gasteiger partial charge in [-0.25, -0.2) is 0 Å². The molecule has 0 spiro atoms. The first-order valence-corrected chi connectivity index (χ1v) is 5.14. The Balaban J connectivity index is 2.65. The van der Waals surface area contributed by atoms with Gasteiger partial charge in [0.25, 0.3) is 0 Å². The zero-order valence-electron chi connectivity index (χ0n) is 9.46. The van der Waals surface area contributed by atoms with Crippen LogP contribution in [0, 0.1) is 6.92 Å². The highest BCUT2D eigenvalue weighted by Gasteiger charge is 2.08. The lowest BCUT2D eigenvalue weighted by atomic mass is 10.1. The number of aromatic nitrogens is 1. The van der Waals surface area contributed by atoms with Gasteiger partial charge < -0.3 is 11.1 Å². The second-order valence-electron chi connectivity index (χ2n) is 3.86. The number of pyridine rings is 1. The van der Waals surface area contributed by atoms with E-state index in [0.717, 1.165) is 23.4 Å². The highest BCUT2D eigenvalue weighted by Crippen LogP contribution is 2.10. The third-order valence-corrected chi connectivity index (χ3v) is 2.22. The SMILES string of the molecule is C=C(C)CNC(CN)c1ccc(C)nc1. The van der Waals surface area contributed by atoms with E-state index in [2.05, 4.69) is 22.9 Å². The van der Waals surface area contributed by atoms with Gasteiger partial charge >= 0.3 is 0 Å². The quantitative estimate of drug-likeness (QED) is 0.717. The number of nitrogens with one attached hydrogen (secondary N) is 1. The average molecular weight is 205 g/mol. The molecule has 0 bridgehead atoms. The fourth-order valence-electron chi connectivity index (χ4n) is 1.32. The molecule has 0 aliphatic rings. The summed E-state index contributed by atoms with van der Waals surface area (Å²) >= 11 is 0. The first-order chi connectivity index (χ1) is 7.13. The minimum atomic E-state index is 0.162. The van der Waals surface area contributed by atoms with Crippen molar-refractivity contribution in [2.24, 2.45) is 5.73 Å². The highest BCUT2D eigenvalue weighted by molar-refractivity contribution is 5.18. The zero-order chi connectivity index (χ0) is 11.3. The van der Waals surface area contributed by atoms with Crippen molar-refractivity contribution in [3.63, 3.8) is 0 Å². The molecule has 0 aromatic carbocycles. The largest absolute Gasteiger partial charge is 0.329 e. The minimum Gasteiger partial charge on any atom is -0.329 e. The Labute approximate surface area is 91.4 Å². The lowest BCUT2D eigenvalue weighted by Crippen LogP contribution is -2.29. The Morgan fingerprint density at radius 1 is 1.60 bits per heavy atom. The van der Waals surface area contributed by atoms with Gasteiger partial charge in [-0.15, -0.1) is 0 Å². The third-order valence-electron chi connectivity index (χ3n) is 2.22. The Morgan fingerprint density at radius 2 is 2.33 bits per heavy atom. The van der Waals surface area contributed by atoms with Gasteiger partial charge in [-0.1, -0.05) is 18.2 Å². The van der Waals surface area contributed by atoms with E-state index in [1.165, 1.54) is 0 Å². The zero-order valence-corrected chi connectivity index (χ0v) is 9.46. The van der Waals surface area contributed by atoms with Crippen LogP contribution in [-0.4, -0.2) is 18.1 Å². The molecule has 1 heterocycles.